The summed E-state index contributed by atoms with van der Waals surface area (Å²) in [4.78, 5) is 0. The van der Waals surface area contributed by atoms with Gasteiger partial charge in [-0.05, 0) is 30.2 Å². The van der Waals surface area contributed by atoms with Gasteiger partial charge in [0, 0.05) is 16.0 Å². The Labute approximate surface area is 134 Å². The Morgan fingerprint density at radius 2 is 1.80 bits per heavy atom. The Morgan fingerprint density at radius 3 is 2.40 bits per heavy atom. The molecule has 0 amide bonds. The standard InChI is InChI=1S/C17H18BrClO/c1-11-9-16(20-3)14(10-15(11)18)17(19)12(2)13-7-5-4-6-8-13/h4-10,12,17H,1-3H3. The summed E-state index contributed by atoms with van der Waals surface area (Å²) in [6, 6.07) is 14.4. The van der Waals surface area contributed by atoms with Crippen molar-refractivity contribution >= 4 is 27.5 Å². The predicted molar refractivity (Wildman–Crippen MR) is 88.9 cm³/mol. The summed E-state index contributed by atoms with van der Waals surface area (Å²) < 4.78 is 6.54. The largest absolute Gasteiger partial charge is 0.496 e. The van der Waals surface area contributed by atoms with Crippen LogP contribution in [0.3, 0.4) is 0 Å². The fraction of sp³-hybridized carbons (Fsp3) is 0.294. The molecule has 2 aromatic rings. The van der Waals surface area contributed by atoms with Crippen LogP contribution in [-0.2, 0) is 0 Å². The molecule has 2 unspecified atom stereocenters. The zero-order chi connectivity index (χ0) is 14.7. The van der Waals surface area contributed by atoms with Crippen LogP contribution in [0.25, 0.3) is 0 Å². The van der Waals surface area contributed by atoms with Gasteiger partial charge in [0.15, 0.2) is 0 Å². The third-order valence-corrected chi connectivity index (χ3v) is 5.04. The van der Waals surface area contributed by atoms with E-state index in [0.29, 0.717) is 0 Å². The summed E-state index contributed by atoms with van der Waals surface area (Å²) in [7, 11) is 1.68. The Morgan fingerprint density at radius 1 is 1.15 bits per heavy atom. The molecule has 2 rings (SSSR count). The first kappa shape index (κ1) is 15.4. The number of aryl methyl sites for hydroxylation is 1. The molecule has 0 radical (unpaired) electrons. The predicted octanol–water partition coefficient (Wildman–Crippen LogP) is 5.85. The first-order valence-electron chi connectivity index (χ1n) is 6.57. The fourth-order valence-corrected chi connectivity index (χ4v) is 2.93. The van der Waals surface area contributed by atoms with E-state index < -0.39 is 0 Å². The van der Waals surface area contributed by atoms with Crippen LogP contribution in [0.5, 0.6) is 5.75 Å². The van der Waals surface area contributed by atoms with Gasteiger partial charge in [-0.1, -0.05) is 53.2 Å². The van der Waals surface area contributed by atoms with Crippen molar-refractivity contribution in [2.45, 2.75) is 25.1 Å². The summed E-state index contributed by atoms with van der Waals surface area (Å²) in [5.41, 5.74) is 3.39. The summed E-state index contributed by atoms with van der Waals surface area (Å²) in [5.74, 6) is 1.05. The van der Waals surface area contributed by atoms with Crippen LogP contribution in [0.4, 0.5) is 0 Å². The van der Waals surface area contributed by atoms with E-state index in [4.69, 9.17) is 16.3 Å². The van der Waals surface area contributed by atoms with Crippen LogP contribution >= 0.6 is 27.5 Å². The van der Waals surface area contributed by atoms with Crippen molar-refractivity contribution in [3.05, 3.63) is 63.6 Å². The van der Waals surface area contributed by atoms with E-state index in [2.05, 4.69) is 41.1 Å². The summed E-state index contributed by atoms with van der Waals surface area (Å²) >= 11 is 10.3. The van der Waals surface area contributed by atoms with E-state index in [1.54, 1.807) is 7.11 Å². The van der Waals surface area contributed by atoms with Gasteiger partial charge >= 0.3 is 0 Å². The van der Waals surface area contributed by atoms with E-state index in [1.165, 1.54) is 5.56 Å². The van der Waals surface area contributed by atoms with Gasteiger partial charge in [-0.3, -0.25) is 0 Å². The second-order valence-electron chi connectivity index (χ2n) is 4.94. The average molecular weight is 354 g/mol. The Balaban J connectivity index is 2.38. The number of benzene rings is 2. The lowest BCUT2D eigenvalue weighted by molar-refractivity contribution is 0.407. The van der Waals surface area contributed by atoms with E-state index in [0.717, 1.165) is 21.3 Å². The molecular weight excluding hydrogens is 336 g/mol. The molecule has 2 aromatic carbocycles. The molecule has 0 spiro atoms. The minimum Gasteiger partial charge on any atom is -0.496 e. The lowest BCUT2D eigenvalue weighted by atomic mass is 9.92. The highest BCUT2D eigenvalue weighted by Gasteiger charge is 2.22. The molecule has 1 nitrogen and oxygen atoms in total. The van der Waals surface area contributed by atoms with Crippen molar-refractivity contribution in [1.82, 2.24) is 0 Å². The van der Waals surface area contributed by atoms with Gasteiger partial charge < -0.3 is 4.74 Å². The third kappa shape index (κ3) is 3.18. The van der Waals surface area contributed by atoms with Crippen molar-refractivity contribution in [2.75, 3.05) is 7.11 Å². The van der Waals surface area contributed by atoms with Gasteiger partial charge in [0.1, 0.15) is 5.75 Å². The molecule has 106 valence electrons. The van der Waals surface area contributed by atoms with Crippen LogP contribution in [0.2, 0.25) is 0 Å². The molecular formula is C17H18BrClO. The van der Waals surface area contributed by atoms with Crippen molar-refractivity contribution in [3.8, 4) is 5.75 Å². The SMILES string of the molecule is COc1cc(C)c(Br)cc1C(Cl)C(C)c1ccccc1. The average Bonchev–Trinajstić information content (AvgIpc) is 2.49. The molecule has 0 bridgehead atoms. The van der Waals surface area contributed by atoms with Crippen LogP contribution in [0, 0.1) is 6.92 Å². The minimum atomic E-state index is -0.135. The van der Waals surface area contributed by atoms with Gasteiger partial charge in [-0.25, -0.2) is 0 Å². The molecule has 2 atom stereocenters. The Bertz CT molecular complexity index is 583. The second-order valence-corrected chi connectivity index (χ2v) is 6.27. The fourth-order valence-electron chi connectivity index (χ4n) is 2.26. The van der Waals surface area contributed by atoms with Crippen molar-refractivity contribution < 1.29 is 4.74 Å². The lowest BCUT2D eigenvalue weighted by Crippen LogP contribution is -2.05. The van der Waals surface area contributed by atoms with E-state index in [9.17, 15) is 0 Å². The van der Waals surface area contributed by atoms with Crippen LogP contribution in [-0.4, -0.2) is 7.11 Å². The van der Waals surface area contributed by atoms with Crippen molar-refractivity contribution in [2.24, 2.45) is 0 Å². The number of hydrogen-bond acceptors (Lipinski definition) is 1. The zero-order valence-corrected chi connectivity index (χ0v) is 14.2. The maximum atomic E-state index is 6.70. The number of methoxy groups -OCH3 is 1. The highest BCUT2D eigenvalue weighted by molar-refractivity contribution is 9.10. The van der Waals surface area contributed by atoms with E-state index in [1.807, 2.05) is 31.2 Å². The number of rotatable bonds is 4. The lowest BCUT2D eigenvalue weighted by Gasteiger charge is -2.22. The van der Waals surface area contributed by atoms with Crippen molar-refractivity contribution in [3.63, 3.8) is 0 Å². The minimum absolute atomic E-state index is 0.135. The molecule has 0 saturated heterocycles. The van der Waals surface area contributed by atoms with Gasteiger partial charge in [-0.2, -0.15) is 0 Å². The molecule has 0 aliphatic rings. The Hall–Kier alpha value is -0.990. The molecule has 0 heterocycles. The molecule has 0 aliphatic heterocycles. The van der Waals surface area contributed by atoms with Crippen LogP contribution in [0.15, 0.2) is 46.9 Å². The summed E-state index contributed by atoms with van der Waals surface area (Å²) in [6.45, 7) is 4.18. The summed E-state index contributed by atoms with van der Waals surface area (Å²) in [5, 5.41) is -0.135. The second kappa shape index (κ2) is 6.64. The molecule has 0 aromatic heterocycles. The topological polar surface area (TPSA) is 9.23 Å². The van der Waals surface area contributed by atoms with Gasteiger partial charge in [-0.15, -0.1) is 11.6 Å². The maximum absolute atomic E-state index is 6.70. The number of ether oxygens (including phenoxy) is 1. The molecule has 0 fully saturated rings. The summed E-state index contributed by atoms with van der Waals surface area (Å²) in [6.07, 6.45) is 0. The molecule has 0 saturated carbocycles. The maximum Gasteiger partial charge on any atom is 0.123 e. The Kier molecular flexibility index (Phi) is 5.11. The molecule has 0 N–H and O–H groups in total. The van der Waals surface area contributed by atoms with E-state index >= 15 is 0 Å². The van der Waals surface area contributed by atoms with Crippen LogP contribution in [0.1, 0.15) is 34.9 Å². The molecule has 20 heavy (non-hydrogen) atoms. The zero-order valence-electron chi connectivity index (χ0n) is 11.9. The first-order chi connectivity index (χ1) is 9.54. The smallest absolute Gasteiger partial charge is 0.123 e. The first-order valence-corrected chi connectivity index (χ1v) is 7.80. The van der Waals surface area contributed by atoms with Crippen LogP contribution < -0.4 is 4.74 Å². The number of hydrogen-bond donors (Lipinski definition) is 0. The quantitative estimate of drug-likeness (QED) is 0.626. The van der Waals surface area contributed by atoms with Gasteiger partial charge in [0.05, 0.1) is 12.5 Å². The van der Waals surface area contributed by atoms with Gasteiger partial charge in [0.2, 0.25) is 0 Å². The van der Waals surface area contributed by atoms with Crippen molar-refractivity contribution in [1.29, 1.82) is 0 Å². The number of halogens is 2. The monoisotopic (exact) mass is 352 g/mol. The number of alkyl halides is 1. The highest BCUT2D eigenvalue weighted by Crippen LogP contribution is 2.42. The van der Waals surface area contributed by atoms with E-state index in [-0.39, 0.29) is 11.3 Å². The highest BCUT2D eigenvalue weighted by atomic mass is 79.9. The molecule has 0 aliphatic carbocycles. The normalized spacial score (nSPS) is 13.8. The van der Waals surface area contributed by atoms with Gasteiger partial charge in [0.25, 0.3) is 0 Å². The molecule has 3 heteroatoms. The third-order valence-electron chi connectivity index (χ3n) is 3.57.